The topological polar surface area (TPSA) is 128 Å². The fourth-order valence-corrected chi connectivity index (χ4v) is 2.90. The van der Waals surface area contributed by atoms with Crippen LogP contribution in [0.2, 0.25) is 0 Å². The largest absolute Gasteiger partial charge is 0.444 e. The van der Waals surface area contributed by atoms with Crippen molar-refractivity contribution in [2.24, 2.45) is 11.7 Å². The molecule has 1 fully saturated rings. The zero-order chi connectivity index (χ0) is 22.7. The van der Waals surface area contributed by atoms with Crippen LogP contribution in [0.1, 0.15) is 52.5 Å². The second kappa shape index (κ2) is 8.83. The van der Waals surface area contributed by atoms with Gasteiger partial charge in [-0.15, -0.1) is 0 Å². The zero-order valence-corrected chi connectivity index (χ0v) is 17.9. The number of benzene rings is 1. The molecule has 1 aromatic rings. The summed E-state index contributed by atoms with van der Waals surface area (Å²) >= 11 is 0. The van der Waals surface area contributed by atoms with E-state index >= 15 is 0 Å². The monoisotopic (exact) mass is 418 g/mol. The number of nitro groups is 1. The van der Waals surface area contributed by atoms with Crippen LogP contribution in [0.3, 0.4) is 0 Å². The van der Waals surface area contributed by atoms with E-state index in [9.17, 15) is 19.7 Å². The predicted molar refractivity (Wildman–Crippen MR) is 112 cm³/mol. The van der Waals surface area contributed by atoms with Crippen molar-refractivity contribution < 1.29 is 19.2 Å². The van der Waals surface area contributed by atoms with E-state index in [1.54, 1.807) is 33.8 Å². The molecular formula is C21H30N4O5. The predicted octanol–water partition coefficient (Wildman–Crippen LogP) is 3.39. The Labute approximate surface area is 176 Å². The van der Waals surface area contributed by atoms with Crippen LogP contribution in [0.15, 0.2) is 36.7 Å². The van der Waals surface area contributed by atoms with Gasteiger partial charge in [0, 0.05) is 30.6 Å². The van der Waals surface area contributed by atoms with Gasteiger partial charge in [-0.2, -0.15) is 0 Å². The van der Waals surface area contributed by atoms with Gasteiger partial charge in [0.15, 0.2) is 0 Å². The summed E-state index contributed by atoms with van der Waals surface area (Å²) in [6.45, 7) is 11.1. The SMILES string of the molecule is C=C(NC(=O)OC(C)(C)C)N(CC1CC1)C(=O)C[C@](C)(N)c1cccc([N+](=O)[O-])c1. The van der Waals surface area contributed by atoms with Crippen LogP contribution >= 0.6 is 0 Å². The highest BCUT2D eigenvalue weighted by Gasteiger charge is 2.33. The number of hydrogen-bond donors (Lipinski definition) is 2. The number of carbonyl (C=O) groups excluding carboxylic acids is 2. The lowest BCUT2D eigenvalue weighted by Gasteiger charge is -2.31. The van der Waals surface area contributed by atoms with Gasteiger partial charge < -0.3 is 10.5 Å². The van der Waals surface area contributed by atoms with E-state index in [-0.39, 0.29) is 23.8 Å². The molecule has 164 valence electrons. The molecule has 30 heavy (non-hydrogen) atoms. The van der Waals surface area contributed by atoms with Gasteiger partial charge in [0.2, 0.25) is 5.91 Å². The van der Waals surface area contributed by atoms with Gasteiger partial charge in [-0.05, 0) is 52.0 Å². The van der Waals surface area contributed by atoms with Crippen molar-refractivity contribution in [2.75, 3.05) is 6.54 Å². The van der Waals surface area contributed by atoms with E-state index in [1.807, 2.05) is 0 Å². The Morgan fingerprint density at radius 2 is 1.97 bits per heavy atom. The standard InChI is InChI=1S/C21H30N4O5/c1-14(23-19(27)30-20(2,3)4)24(13-15-9-10-15)18(26)12-21(5,22)16-7-6-8-17(11-16)25(28)29/h6-8,11,15H,1,9-10,12-13,22H2,2-5H3,(H,23,27)/t21-/m0/s1. The summed E-state index contributed by atoms with van der Waals surface area (Å²) in [5, 5.41) is 13.6. The fraction of sp³-hybridized carbons (Fsp3) is 0.524. The van der Waals surface area contributed by atoms with Crippen molar-refractivity contribution in [2.45, 2.75) is 58.1 Å². The summed E-state index contributed by atoms with van der Waals surface area (Å²) in [6, 6.07) is 5.92. The Balaban J connectivity index is 2.14. The molecule has 3 N–H and O–H groups in total. The van der Waals surface area contributed by atoms with E-state index in [4.69, 9.17) is 10.5 Å². The van der Waals surface area contributed by atoms with Crippen LogP contribution in [0.5, 0.6) is 0 Å². The average molecular weight is 418 g/mol. The molecule has 1 atom stereocenters. The summed E-state index contributed by atoms with van der Waals surface area (Å²) in [5.74, 6) is 0.128. The normalized spacial score (nSPS) is 15.6. The first-order valence-corrected chi connectivity index (χ1v) is 9.81. The number of carbonyl (C=O) groups is 2. The van der Waals surface area contributed by atoms with E-state index in [0.29, 0.717) is 18.0 Å². The quantitative estimate of drug-likeness (QED) is 0.492. The zero-order valence-electron chi connectivity index (χ0n) is 17.9. The molecule has 0 aromatic heterocycles. The summed E-state index contributed by atoms with van der Waals surface area (Å²) in [6.07, 6.45) is 1.17. The number of nitro benzene ring substituents is 1. The lowest BCUT2D eigenvalue weighted by Crippen LogP contribution is -2.45. The Morgan fingerprint density at radius 1 is 1.33 bits per heavy atom. The van der Waals surface area contributed by atoms with Crippen molar-refractivity contribution in [1.82, 2.24) is 10.2 Å². The van der Waals surface area contributed by atoms with Crippen LogP contribution < -0.4 is 11.1 Å². The van der Waals surface area contributed by atoms with Gasteiger partial charge in [0.25, 0.3) is 5.69 Å². The molecule has 0 unspecified atom stereocenters. The van der Waals surface area contributed by atoms with E-state index in [2.05, 4.69) is 11.9 Å². The number of hydrogen-bond acceptors (Lipinski definition) is 6. The highest BCUT2D eigenvalue weighted by Crippen LogP contribution is 2.32. The Morgan fingerprint density at radius 3 is 2.50 bits per heavy atom. The van der Waals surface area contributed by atoms with Crippen LogP contribution in [-0.2, 0) is 15.1 Å². The number of amides is 2. The highest BCUT2D eigenvalue weighted by molar-refractivity contribution is 5.81. The highest BCUT2D eigenvalue weighted by atomic mass is 16.6. The van der Waals surface area contributed by atoms with Crippen LogP contribution in [0.25, 0.3) is 0 Å². The second-order valence-electron chi connectivity index (χ2n) is 8.92. The van der Waals surface area contributed by atoms with Crippen LogP contribution in [-0.4, -0.2) is 34.0 Å². The summed E-state index contributed by atoms with van der Waals surface area (Å²) < 4.78 is 5.23. The van der Waals surface area contributed by atoms with Gasteiger partial charge in [-0.3, -0.25) is 25.1 Å². The molecule has 0 spiro atoms. The molecule has 2 amide bonds. The van der Waals surface area contributed by atoms with Gasteiger partial charge in [0.1, 0.15) is 11.4 Å². The molecule has 1 aromatic carbocycles. The molecule has 1 aliphatic carbocycles. The van der Waals surface area contributed by atoms with Crippen molar-refractivity contribution in [3.8, 4) is 0 Å². The maximum atomic E-state index is 13.1. The molecular weight excluding hydrogens is 388 g/mol. The molecule has 0 radical (unpaired) electrons. The fourth-order valence-electron chi connectivity index (χ4n) is 2.90. The second-order valence-corrected chi connectivity index (χ2v) is 8.92. The van der Waals surface area contributed by atoms with Crippen molar-refractivity contribution in [3.63, 3.8) is 0 Å². The van der Waals surface area contributed by atoms with Gasteiger partial charge >= 0.3 is 6.09 Å². The number of alkyl carbamates (subject to hydrolysis) is 1. The van der Waals surface area contributed by atoms with Gasteiger partial charge in [-0.25, -0.2) is 4.79 Å². The van der Waals surface area contributed by atoms with Crippen molar-refractivity contribution in [3.05, 3.63) is 52.3 Å². The first-order valence-electron chi connectivity index (χ1n) is 9.81. The third-order valence-electron chi connectivity index (χ3n) is 4.64. The molecule has 9 nitrogen and oxygen atoms in total. The molecule has 9 heteroatoms. The van der Waals surface area contributed by atoms with Crippen molar-refractivity contribution in [1.29, 1.82) is 0 Å². The van der Waals surface area contributed by atoms with Gasteiger partial charge in [-0.1, -0.05) is 18.7 Å². The number of ether oxygens (including phenoxy) is 1. The minimum Gasteiger partial charge on any atom is -0.444 e. The third kappa shape index (κ3) is 6.84. The Bertz CT molecular complexity index is 840. The summed E-state index contributed by atoms with van der Waals surface area (Å²) in [7, 11) is 0. The molecule has 2 rings (SSSR count). The molecule has 1 aliphatic rings. The van der Waals surface area contributed by atoms with Crippen LogP contribution in [0, 0.1) is 16.0 Å². The maximum absolute atomic E-state index is 13.1. The Kier molecular flexibility index (Phi) is 6.87. The maximum Gasteiger partial charge on any atom is 0.413 e. The molecule has 0 bridgehead atoms. The minimum absolute atomic E-state index is 0.0949. The number of rotatable bonds is 8. The van der Waals surface area contributed by atoms with Crippen LogP contribution in [0.4, 0.5) is 10.5 Å². The smallest absolute Gasteiger partial charge is 0.413 e. The lowest BCUT2D eigenvalue weighted by atomic mass is 9.89. The van der Waals surface area contributed by atoms with Gasteiger partial charge in [0.05, 0.1) is 4.92 Å². The summed E-state index contributed by atoms with van der Waals surface area (Å²) in [5.41, 5.74) is 4.92. The van der Waals surface area contributed by atoms with Crippen molar-refractivity contribution >= 4 is 17.7 Å². The minimum atomic E-state index is -1.14. The number of nitrogens with one attached hydrogen (secondary N) is 1. The lowest BCUT2D eigenvalue weighted by molar-refractivity contribution is -0.385. The van der Waals surface area contributed by atoms with E-state index in [0.717, 1.165) is 12.8 Å². The third-order valence-corrected chi connectivity index (χ3v) is 4.64. The van der Waals surface area contributed by atoms with E-state index in [1.165, 1.54) is 23.1 Å². The summed E-state index contributed by atoms with van der Waals surface area (Å²) in [4.78, 5) is 37.1. The number of nitrogens with zero attached hydrogens (tertiary/aromatic N) is 2. The first-order chi connectivity index (χ1) is 13.8. The average Bonchev–Trinajstić information content (AvgIpc) is 3.41. The molecule has 0 heterocycles. The first kappa shape index (κ1) is 23.3. The molecule has 0 aliphatic heterocycles. The molecule has 0 saturated heterocycles. The molecule has 1 saturated carbocycles. The Hall–Kier alpha value is -2.94. The number of non-ortho nitro benzene ring substituents is 1. The van der Waals surface area contributed by atoms with E-state index < -0.39 is 22.2 Å². The number of nitrogens with two attached hydrogens (primary N) is 1.